The molecule has 0 aliphatic heterocycles. The van der Waals surface area contributed by atoms with Crippen molar-refractivity contribution in [2.24, 2.45) is 0 Å². The largest absolute Gasteiger partial charge is 0.398 e. The maximum atomic E-state index is 13.3. The fourth-order valence-corrected chi connectivity index (χ4v) is 3.23. The molecule has 0 unspecified atom stereocenters. The van der Waals surface area contributed by atoms with Crippen LogP contribution in [0.25, 0.3) is 0 Å². The number of halogens is 3. The first-order valence-corrected chi connectivity index (χ1v) is 7.34. The van der Waals surface area contributed by atoms with Crippen molar-refractivity contribution >= 4 is 45.0 Å². The fraction of sp³-hybridized carbons (Fsp3) is 0.0769. The number of nitrogen functional groups attached to an aromatic ring is 1. The summed E-state index contributed by atoms with van der Waals surface area (Å²) in [6.45, 7) is 0. The molecule has 2 aromatic carbocycles. The molecule has 0 aliphatic rings. The van der Waals surface area contributed by atoms with Crippen molar-refractivity contribution in [2.45, 2.75) is 10.6 Å². The van der Waals surface area contributed by atoms with Crippen molar-refractivity contribution in [3.63, 3.8) is 0 Å². The summed E-state index contributed by atoms with van der Waals surface area (Å²) in [5, 5.41) is 0.179. The molecule has 0 spiro atoms. The van der Waals surface area contributed by atoms with E-state index in [-0.39, 0.29) is 5.02 Å². The zero-order valence-corrected chi connectivity index (χ0v) is 12.4. The van der Waals surface area contributed by atoms with Crippen LogP contribution in [0, 0.1) is 5.82 Å². The first-order chi connectivity index (χ1) is 8.58. The molecule has 0 atom stereocenters. The third-order valence-electron chi connectivity index (χ3n) is 2.39. The molecule has 0 bridgehead atoms. The van der Waals surface area contributed by atoms with Gasteiger partial charge in [-0.15, -0.1) is 11.8 Å². The van der Waals surface area contributed by atoms with Crippen molar-refractivity contribution in [1.29, 1.82) is 0 Å². The summed E-state index contributed by atoms with van der Waals surface area (Å²) in [7, 11) is 0. The molecule has 0 saturated carbocycles. The molecule has 0 saturated heterocycles. The third-order valence-corrected chi connectivity index (χ3v) is 4.43. The highest BCUT2D eigenvalue weighted by Crippen LogP contribution is 2.32. The van der Waals surface area contributed by atoms with E-state index >= 15 is 0 Å². The molecule has 2 aromatic rings. The Morgan fingerprint density at radius 2 is 2.06 bits per heavy atom. The van der Waals surface area contributed by atoms with Gasteiger partial charge in [0.15, 0.2) is 0 Å². The SMILES string of the molecule is Nc1ccc(Br)cc1SCc1cccc(F)c1Cl. The van der Waals surface area contributed by atoms with Crippen LogP contribution in [0.15, 0.2) is 45.8 Å². The number of hydrogen-bond acceptors (Lipinski definition) is 2. The minimum Gasteiger partial charge on any atom is -0.398 e. The predicted molar refractivity (Wildman–Crippen MR) is 79.5 cm³/mol. The number of hydrogen-bond donors (Lipinski definition) is 1. The normalized spacial score (nSPS) is 10.6. The van der Waals surface area contributed by atoms with Crippen LogP contribution >= 0.6 is 39.3 Å². The molecule has 18 heavy (non-hydrogen) atoms. The monoisotopic (exact) mass is 345 g/mol. The highest BCUT2D eigenvalue weighted by Gasteiger charge is 2.07. The summed E-state index contributed by atoms with van der Waals surface area (Å²) in [6, 6.07) is 10.5. The van der Waals surface area contributed by atoms with Crippen molar-refractivity contribution < 1.29 is 4.39 Å². The number of thioether (sulfide) groups is 1. The summed E-state index contributed by atoms with van der Waals surface area (Å²) in [4.78, 5) is 0.949. The highest BCUT2D eigenvalue weighted by atomic mass is 79.9. The van der Waals surface area contributed by atoms with E-state index in [4.69, 9.17) is 17.3 Å². The zero-order valence-electron chi connectivity index (χ0n) is 9.29. The van der Waals surface area contributed by atoms with Gasteiger partial charge in [-0.1, -0.05) is 39.7 Å². The van der Waals surface area contributed by atoms with E-state index in [0.717, 1.165) is 14.9 Å². The minimum absolute atomic E-state index is 0.179. The summed E-state index contributed by atoms with van der Waals surface area (Å²) >= 11 is 10.8. The Morgan fingerprint density at radius 3 is 2.83 bits per heavy atom. The lowest BCUT2D eigenvalue weighted by Gasteiger charge is -2.07. The molecular formula is C13H10BrClFNS. The second kappa shape index (κ2) is 5.95. The molecule has 0 radical (unpaired) electrons. The Kier molecular flexibility index (Phi) is 4.54. The number of benzene rings is 2. The quantitative estimate of drug-likeness (QED) is 0.617. The molecule has 94 valence electrons. The average Bonchev–Trinajstić information content (AvgIpc) is 2.35. The first kappa shape index (κ1) is 13.7. The molecule has 0 fully saturated rings. The van der Waals surface area contributed by atoms with E-state index in [1.807, 2.05) is 24.3 Å². The maximum absolute atomic E-state index is 13.3. The Hall–Kier alpha value is -0.710. The Morgan fingerprint density at radius 1 is 1.28 bits per heavy atom. The van der Waals surface area contributed by atoms with Crippen LogP contribution in [0.3, 0.4) is 0 Å². The van der Waals surface area contributed by atoms with Gasteiger partial charge >= 0.3 is 0 Å². The zero-order chi connectivity index (χ0) is 13.1. The van der Waals surface area contributed by atoms with Gasteiger partial charge in [0.1, 0.15) is 5.82 Å². The van der Waals surface area contributed by atoms with Gasteiger partial charge in [0.2, 0.25) is 0 Å². The van der Waals surface area contributed by atoms with Gasteiger partial charge in [-0.25, -0.2) is 4.39 Å². The van der Waals surface area contributed by atoms with Crippen molar-refractivity contribution in [2.75, 3.05) is 5.73 Å². The Labute approximate surface area is 123 Å². The van der Waals surface area contributed by atoms with E-state index in [1.54, 1.807) is 6.07 Å². The molecule has 1 nitrogen and oxygen atoms in total. The van der Waals surface area contributed by atoms with Crippen LogP contribution in [0.4, 0.5) is 10.1 Å². The fourth-order valence-electron chi connectivity index (χ4n) is 1.45. The van der Waals surface area contributed by atoms with E-state index < -0.39 is 5.82 Å². The van der Waals surface area contributed by atoms with E-state index in [0.29, 0.717) is 11.4 Å². The topological polar surface area (TPSA) is 26.0 Å². The van der Waals surface area contributed by atoms with Crippen molar-refractivity contribution in [3.8, 4) is 0 Å². The van der Waals surface area contributed by atoms with Gasteiger partial charge in [0.05, 0.1) is 5.02 Å². The molecular weight excluding hydrogens is 337 g/mol. The van der Waals surface area contributed by atoms with Crippen LogP contribution in [-0.2, 0) is 5.75 Å². The van der Waals surface area contributed by atoms with Crippen LogP contribution < -0.4 is 5.73 Å². The van der Waals surface area contributed by atoms with Crippen LogP contribution in [0.5, 0.6) is 0 Å². The van der Waals surface area contributed by atoms with Crippen LogP contribution in [-0.4, -0.2) is 0 Å². The van der Waals surface area contributed by atoms with Crippen molar-refractivity contribution in [3.05, 3.63) is 57.3 Å². The highest BCUT2D eigenvalue weighted by molar-refractivity contribution is 9.10. The van der Waals surface area contributed by atoms with Crippen molar-refractivity contribution in [1.82, 2.24) is 0 Å². The molecule has 5 heteroatoms. The molecule has 2 N–H and O–H groups in total. The van der Waals surface area contributed by atoms with Gasteiger partial charge in [0.25, 0.3) is 0 Å². The van der Waals surface area contributed by atoms with Gasteiger partial charge in [-0.2, -0.15) is 0 Å². The van der Waals surface area contributed by atoms with Gasteiger partial charge in [0, 0.05) is 20.8 Å². The molecule has 0 amide bonds. The number of anilines is 1. The summed E-state index contributed by atoms with van der Waals surface area (Å²) in [6.07, 6.45) is 0. The second-order valence-corrected chi connectivity index (χ2v) is 5.99. The minimum atomic E-state index is -0.392. The average molecular weight is 347 g/mol. The second-order valence-electron chi connectivity index (χ2n) is 3.68. The molecule has 0 aliphatic carbocycles. The summed E-state index contributed by atoms with van der Waals surface area (Å²) in [5.41, 5.74) is 7.34. The van der Waals surface area contributed by atoms with E-state index in [9.17, 15) is 4.39 Å². The smallest absolute Gasteiger partial charge is 0.142 e. The predicted octanol–water partition coefficient (Wildman–Crippen LogP) is 5.12. The lowest BCUT2D eigenvalue weighted by atomic mass is 10.2. The Bertz CT molecular complexity index is 575. The summed E-state index contributed by atoms with van der Waals surface area (Å²) in [5.74, 6) is 0.189. The molecule has 0 aromatic heterocycles. The standard InChI is InChI=1S/C13H10BrClFNS/c14-9-4-5-11(17)12(6-9)18-7-8-2-1-3-10(16)13(8)15/h1-6H,7,17H2. The number of rotatable bonds is 3. The van der Waals surface area contributed by atoms with E-state index in [2.05, 4.69) is 15.9 Å². The van der Waals surface area contributed by atoms with Gasteiger partial charge in [-0.3, -0.25) is 0 Å². The maximum Gasteiger partial charge on any atom is 0.142 e. The van der Waals surface area contributed by atoms with Gasteiger partial charge in [-0.05, 0) is 29.8 Å². The van der Waals surface area contributed by atoms with E-state index in [1.165, 1.54) is 17.8 Å². The molecule has 0 heterocycles. The first-order valence-electron chi connectivity index (χ1n) is 5.18. The summed E-state index contributed by atoms with van der Waals surface area (Å²) < 4.78 is 14.2. The lowest BCUT2D eigenvalue weighted by molar-refractivity contribution is 0.627. The lowest BCUT2D eigenvalue weighted by Crippen LogP contribution is -1.90. The Balaban J connectivity index is 2.16. The van der Waals surface area contributed by atoms with Gasteiger partial charge < -0.3 is 5.73 Å². The number of nitrogens with two attached hydrogens (primary N) is 1. The third kappa shape index (κ3) is 3.19. The van der Waals surface area contributed by atoms with Crippen LogP contribution in [0.2, 0.25) is 5.02 Å². The molecule has 2 rings (SSSR count). The van der Waals surface area contributed by atoms with Crippen LogP contribution in [0.1, 0.15) is 5.56 Å².